The van der Waals surface area contributed by atoms with E-state index in [0.717, 1.165) is 0 Å². The summed E-state index contributed by atoms with van der Waals surface area (Å²) < 4.78 is 12.9. The second-order valence-electron chi connectivity index (χ2n) is 5.03. The summed E-state index contributed by atoms with van der Waals surface area (Å²) in [6.45, 7) is 0. The molecule has 1 heterocycles. The maximum Gasteiger partial charge on any atom is 0.275 e. The van der Waals surface area contributed by atoms with Gasteiger partial charge in [-0.05, 0) is 36.4 Å². The number of nitrogens with zero attached hydrogens (tertiary/aromatic N) is 3. The zero-order chi connectivity index (χ0) is 17.6. The Bertz CT molecular complexity index is 933. The van der Waals surface area contributed by atoms with Gasteiger partial charge in [-0.3, -0.25) is 4.79 Å². The van der Waals surface area contributed by atoms with E-state index in [0.29, 0.717) is 22.8 Å². The highest BCUT2D eigenvalue weighted by molar-refractivity contribution is 6.02. The van der Waals surface area contributed by atoms with E-state index >= 15 is 0 Å². The molecule has 2 aromatic carbocycles. The van der Waals surface area contributed by atoms with Gasteiger partial charge in [0.2, 0.25) is 0 Å². The number of benzene rings is 2. The second kappa shape index (κ2) is 7.19. The summed E-state index contributed by atoms with van der Waals surface area (Å²) >= 11 is 0. The highest BCUT2D eigenvalue weighted by atomic mass is 19.1. The van der Waals surface area contributed by atoms with Crippen molar-refractivity contribution in [3.8, 4) is 6.07 Å². The van der Waals surface area contributed by atoms with Gasteiger partial charge in [-0.2, -0.15) is 5.26 Å². The maximum atomic E-state index is 12.9. The summed E-state index contributed by atoms with van der Waals surface area (Å²) in [7, 11) is 0. The number of halogens is 1. The summed E-state index contributed by atoms with van der Waals surface area (Å²) in [5.74, 6) is -0.435. The molecule has 1 amide bonds. The lowest BCUT2D eigenvalue weighted by molar-refractivity contribution is 0.102. The van der Waals surface area contributed by atoms with Crippen molar-refractivity contribution in [2.45, 2.75) is 0 Å². The van der Waals surface area contributed by atoms with Crippen molar-refractivity contribution in [1.82, 2.24) is 9.97 Å². The smallest absolute Gasteiger partial charge is 0.275 e. The van der Waals surface area contributed by atoms with Gasteiger partial charge in [0.25, 0.3) is 5.91 Å². The minimum Gasteiger partial charge on any atom is -0.338 e. The molecule has 0 aliphatic heterocycles. The zero-order valence-corrected chi connectivity index (χ0v) is 12.9. The predicted octanol–water partition coefficient (Wildman–Crippen LogP) is 3.48. The van der Waals surface area contributed by atoms with Crippen LogP contribution in [0.25, 0.3) is 0 Å². The minimum absolute atomic E-state index is 0.114. The zero-order valence-electron chi connectivity index (χ0n) is 12.9. The molecule has 0 radical (unpaired) electrons. The van der Waals surface area contributed by atoms with Gasteiger partial charge in [0, 0.05) is 5.69 Å². The molecule has 0 aliphatic rings. The molecule has 25 heavy (non-hydrogen) atoms. The Morgan fingerprint density at radius 3 is 2.48 bits per heavy atom. The molecule has 0 unspecified atom stereocenters. The normalized spacial score (nSPS) is 9.92. The lowest BCUT2D eigenvalue weighted by Crippen LogP contribution is -2.14. The molecule has 3 aromatic rings. The van der Waals surface area contributed by atoms with E-state index in [1.165, 1.54) is 36.7 Å². The second-order valence-corrected chi connectivity index (χ2v) is 5.03. The minimum atomic E-state index is -0.455. The standard InChI is InChI=1S/C18H12FN5O/c19-13-5-7-14(8-6-13)23-18(25)16-10-22-17(11-21-16)24-15-4-2-1-3-12(15)9-20/h1-8,10-11H,(H,22,24)(H,23,25). The van der Waals surface area contributed by atoms with Gasteiger partial charge in [-0.25, -0.2) is 14.4 Å². The molecule has 0 aliphatic carbocycles. The number of carbonyl (C=O) groups excluding carboxylic acids is 1. The predicted molar refractivity (Wildman–Crippen MR) is 90.8 cm³/mol. The number of anilines is 3. The highest BCUT2D eigenvalue weighted by Crippen LogP contribution is 2.18. The molecule has 2 N–H and O–H groups in total. The van der Waals surface area contributed by atoms with Gasteiger partial charge in [0.15, 0.2) is 0 Å². The van der Waals surface area contributed by atoms with Crippen LogP contribution in [-0.2, 0) is 0 Å². The maximum absolute atomic E-state index is 12.9. The molecule has 0 saturated carbocycles. The van der Waals surface area contributed by atoms with Crippen molar-refractivity contribution in [1.29, 1.82) is 5.26 Å². The Morgan fingerprint density at radius 2 is 1.80 bits per heavy atom. The number of aromatic nitrogens is 2. The van der Waals surface area contributed by atoms with Crippen LogP contribution < -0.4 is 10.6 Å². The van der Waals surface area contributed by atoms with E-state index in [1.807, 2.05) is 0 Å². The summed E-state index contributed by atoms with van der Waals surface area (Å²) in [4.78, 5) is 20.3. The van der Waals surface area contributed by atoms with Crippen LogP contribution in [0.3, 0.4) is 0 Å². The fraction of sp³-hybridized carbons (Fsp3) is 0. The number of hydrogen-bond donors (Lipinski definition) is 2. The van der Waals surface area contributed by atoms with Crippen LogP contribution in [0.15, 0.2) is 60.9 Å². The Morgan fingerprint density at radius 1 is 1.04 bits per heavy atom. The third-order valence-electron chi connectivity index (χ3n) is 3.30. The first-order valence-corrected chi connectivity index (χ1v) is 7.31. The molecule has 0 fully saturated rings. The summed E-state index contributed by atoms with van der Waals surface area (Å²) in [5.41, 5.74) is 1.65. The monoisotopic (exact) mass is 333 g/mol. The number of amides is 1. The molecule has 3 rings (SSSR count). The molecule has 0 saturated heterocycles. The number of nitrogens with one attached hydrogen (secondary N) is 2. The molecule has 122 valence electrons. The molecular formula is C18H12FN5O. The van der Waals surface area contributed by atoms with Crippen LogP contribution in [-0.4, -0.2) is 15.9 Å². The van der Waals surface area contributed by atoms with Gasteiger partial charge in [-0.1, -0.05) is 12.1 Å². The molecule has 6 nitrogen and oxygen atoms in total. The summed E-state index contributed by atoms with van der Waals surface area (Å²) in [5, 5.41) is 14.6. The van der Waals surface area contributed by atoms with Crippen molar-refractivity contribution in [2.75, 3.05) is 10.6 Å². The van der Waals surface area contributed by atoms with E-state index in [1.54, 1.807) is 24.3 Å². The Balaban J connectivity index is 1.70. The van der Waals surface area contributed by atoms with Crippen LogP contribution in [0.2, 0.25) is 0 Å². The third kappa shape index (κ3) is 3.95. The third-order valence-corrected chi connectivity index (χ3v) is 3.30. The Kier molecular flexibility index (Phi) is 4.62. The first-order valence-electron chi connectivity index (χ1n) is 7.31. The van der Waals surface area contributed by atoms with Gasteiger partial charge >= 0.3 is 0 Å². The molecule has 0 bridgehead atoms. The van der Waals surface area contributed by atoms with Gasteiger partial charge in [0.1, 0.15) is 23.4 Å². The quantitative estimate of drug-likeness (QED) is 0.763. The van der Waals surface area contributed by atoms with Crippen molar-refractivity contribution < 1.29 is 9.18 Å². The number of hydrogen-bond acceptors (Lipinski definition) is 5. The summed E-state index contributed by atoms with van der Waals surface area (Å²) in [6, 6.07) is 14.5. The molecule has 1 aromatic heterocycles. The molecular weight excluding hydrogens is 321 g/mol. The van der Waals surface area contributed by atoms with Crippen LogP contribution >= 0.6 is 0 Å². The van der Waals surface area contributed by atoms with E-state index in [4.69, 9.17) is 5.26 Å². The van der Waals surface area contributed by atoms with E-state index in [-0.39, 0.29) is 11.5 Å². The van der Waals surface area contributed by atoms with Gasteiger partial charge in [-0.15, -0.1) is 0 Å². The lowest BCUT2D eigenvalue weighted by atomic mass is 10.2. The number of nitriles is 1. The fourth-order valence-electron chi connectivity index (χ4n) is 2.07. The Labute approximate surface area is 143 Å². The number of para-hydroxylation sites is 1. The van der Waals surface area contributed by atoms with Crippen LogP contribution in [0.1, 0.15) is 16.1 Å². The summed E-state index contributed by atoms with van der Waals surface area (Å²) in [6.07, 6.45) is 2.71. The molecule has 0 spiro atoms. The highest BCUT2D eigenvalue weighted by Gasteiger charge is 2.09. The number of rotatable bonds is 4. The topological polar surface area (TPSA) is 90.7 Å². The lowest BCUT2D eigenvalue weighted by Gasteiger charge is -2.08. The first kappa shape index (κ1) is 16.1. The van der Waals surface area contributed by atoms with Crippen LogP contribution in [0.4, 0.5) is 21.6 Å². The van der Waals surface area contributed by atoms with Gasteiger partial charge < -0.3 is 10.6 Å². The molecule has 0 atom stereocenters. The number of carbonyl (C=O) groups is 1. The largest absolute Gasteiger partial charge is 0.338 e. The average molecular weight is 333 g/mol. The van der Waals surface area contributed by atoms with Crippen molar-refractivity contribution in [3.05, 3.63) is 78.0 Å². The van der Waals surface area contributed by atoms with Gasteiger partial charge in [0.05, 0.1) is 23.6 Å². The fourth-order valence-corrected chi connectivity index (χ4v) is 2.07. The van der Waals surface area contributed by atoms with Crippen molar-refractivity contribution in [3.63, 3.8) is 0 Å². The average Bonchev–Trinajstić information content (AvgIpc) is 2.64. The Hall–Kier alpha value is -3.79. The van der Waals surface area contributed by atoms with Crippen molar-refractivity contribution in [2.24, 2.45) is 0 Å². The SMILES string of the molecule is N#Cc1ccccc1Nc1cnc(C(=O)Nc2ccc(F)cc2)cn1. The van der Waals surface area contributed by atoms with E-state index in [2.05, 4.69) is 26.7 Å². The van der Waals surface area contributed by atoms with Crippen LogP contribution in [0, 0.1) is 17.1 Å². The van der Waals surface area contributed by atoms with Crippen LogP contribution in [0.5, 0.6) is 0 Å². The van der Waals surface area contributed by atoms with E-state index in [9.17, 15) is 9.18 Å². The molecule has 7 heteroatoms. The van der Waals surface area contributed by atoms with E-state index < -0.39 is 5.91 Å². The van der Waals surface area contributed by atoms with Crippen molar-refractivity contribution >= 4 is 23.1 Å². The first-order chi connectivity index (χ1) is 12.2.